The molecule has 1 fully saturated rings. The molecule has 33 heavy (non-hydrogen) atoms. The highest BCUT2D eigenvalue weighted by Gasteiger charge is 2.25. The maximum absolute atomic E-state index is 11.7. The summed E-state index contributed by atoms with van der Waals surface area (Å²) in [5.74, 6) is 1.01. The Labute approximate surface area is 200 Å². The Kier molecular flexibility index (Phi) is 5.55. The van der Waals surface area contributed by atoms with Crippen LogP contribution >= 0.6 is 23.2 Å². The molecule has 0 radical (unpaired) electrons. The lowest BCUT2D eigenvalue weighted by Gasteiger charge is -2.34. The molecule has 1 aliphatic heterocycles. The van der Waals surface area contributed by atoms with Crippen molar-refractivity contribution in [3.05, 3.63) is 58.6 Å². The van der Waals surface area contributed by atoms with Crippen molar-refractivity contribution in [2.45, 2.75) is 6.92 Å². The summed E-state index contributed by atoms with van der Waals surface area (Å²) in [5.41, 5.74) is 9.21. The van der Waals surface area contributed by atoms with E-state index in [0.29, 0.717) is 70.4 Å². The molecular weight excluding hydrogens is 461 g/mol. The van der Waals surface area contributed by atoms with Crippen LogP contribution in [0.1, 0.15) is 6.92 Å². The van der Waals surface area contributed by atoms with Gasteiger partial charge in [-0.15, -0.1) is 5.10 Å². The first kappa shape index (κ1) is 21.5. The number of rotatable bonds is 3. The Morgan fingerprint density at radius 1 is 0.970 bits per heavy atom. The third kappa shape index (κ3) is 3.96. The van der Waals surface area contributed by atoms with Gasteiger partial charge in [-0.3, -0.25) is 4.79 Å². The van der Waals surface area contributed by atoms with Gasteiger partial charge >= 0.3 is 0 Å². The molecule has 5 rings (SSSR count). The molecule has 1 saturated heterocycles. The zero-order chi connectivity index (χ0) is 23.1. The lowest BCUT2D eigenvalue weighted by molar-refractivity contribution is -0.129. The van der Waals surface area contributed by atoms with Gasteiger partial charge in [0.1, 0.15) is 5.82 Å². The maximum atomic E-state index is 11.7. The van der Waals surface area contributed by atoms with Crippen molar-refractivity contribution < 1.29 is 4.79 Å². The number of para-hydroxylation sites is 1. The van der Waals surface area contributed by atoms with Crippen LogP contribution in [0.25, 0.3) is 28.0 Å². The monoisotopic (exact) mass is 481 g/mol. The second kappa shape index (κ2) is 8.53. The number of piperazine rings is 1. The molecule has 1 amide bonds. The van der Waals surface area contributed by atoms with E-state index in [9.17, 15) is 4.79 Å². The maximum Gasteiger partial charge on any atom is 0.228 e. The summed E-state index contributed by atoms with van der Waals surface area (Å²) >= 11 is 12.5. The summed E-state index contributed by atoms with van der Waals surface area (Å²) in [7, 11) is 0. The lowest BCUT2D eigenvalue weighted by atomic mass is 10.1. The molecule has 0 saturated carbocycles. The van der Waals surface area contributed by atoms with Crippen LogP contribution in [0.15, 0.2) is 48.5 Å². The van der Waals surface area contributed by atoms with Crippen LogP contribution in [0.3, 0.4) is 0 Å². The first-order valence-corrected chi connectivity index (χ1v) is 11.3. The lowest BCUT2D eigenvalue weighted by Crippen LogP contribution is -2.48. The molecule has 0 atom stereocenters. The highest BCUT2D eigenvalue weighted by Crippen LogP contribution is 2.35. The molecule has 8 nitrogen and oxygen atoms in total. The minimum absolute atomic E-state index is 0.0686. The van der Waals surface area contributed by atoms with Crippen molar-refractivity contribution in [2.75, 3.05) is 36.8 Å². The fraction of sp³-hybridized carbons (Fsp3) is 0.217. The van der Waals surface area contributed by atoms with Gasteiger partial charge in [-0.05, 0) is 24.3 Å². The van der Waals surface area contributed by atoms with Crippen molar-refractivity contribution in [1.29, 1.82) is 0 Å². The summed E-state index contributed by atoms with van der Waals surface area (Å²) < 4.78 is 1.60. The second-order valence-electron chi connectivity index (χ2n) is 7.82. The molecular formula is C23H21Cl2N7O. The highest BCUT2D eigenvalue weighted by atomic mass is 35.5. The minimum Gasteiger partial charge on any atom is -0.383 e. The van der Waals surface area contributed by atoms with Gasteiger partial charge < -0.3 is 15.5 Å². The van der Waals surface area contributed by atoms with Gasteiger partial charge in [-0.25, -0.2) is 9.67 Å². The summed E-state index contributed by atoms with van der Waals surface area (Å²) in [6.07, 6.45) is 0. The van der Waals surface area contributed by atoms with Crippen LogP contribution in [0.2, 0.25) is 10.0 Å². The zero-order valence-electron chi connectivity index (χ0n) is 17.9. The Morgan fingerprint density at radius 2 is 1.67 bits per heavy atom. The third-order valence-corrected chi connectivity index (χ3v) is 6.33. The molecule has 10 heteroatoms. The molecule has 1 aliphatic rings. The topological polar surface area (TPSA) is 93.2 Å². The van der Waals surface area contributed by atoms with Gasteiger partial charge in [0.15, 0.2) is 5.65 Å². The van der Waals surface area contributed by atoms with Crippen molar-refractivity contribution >= 4 is 51.9 Å². The summed E-state index contributed by atoms with van der Waals surface area (Å²) in [4.78, 5) is 25.2. The van der Waals surface area contributed by atoms with Crippen LogP contribution in [-0.2, 0) is 4.79 Å². The predicted molar refractivity (Wildman–Crippen MR) is 131 cm³/mol. The molecule has 3 heterocycles. The Morgan fingerprint density at radius 3 is 2.33 bits per heavy atom. The minimum atomic E-state index is 0.0686. The molecule has 168 valence electrons. The number of aromatic nitrogens is 4. The molecule has 0 aliphatic carbocycles. The van der Waals surface area contributed by atoms with Gasteiger partial charge in [0, 0.05) is 43.7 Å². The molecule has 0 unspecified atom stereocenters. The van der Waals surface area contributed by atoms with Crippen molar-refractivity contribution in [2.24, 2.45) is 0 Å². The van der Waals surface area contributed by atoms with E-state index in [2.05, 4.69) is 10.00 Å². The number of carbonyl (C=O) groups is 1. The number of nitrogens with two attached hydrogens (primary N) is 1. The van der Waals surface area contributed by atoms with Crippen LogP contribution in [0, 0.1) is 0 Å². The SMILES string of the molecule is CC(=O)N1CCN(c2nc(-c3ccc(Cl)cc3)c3c(N)n(-c4ccccc4Cl)nc3n2)CC1. The smallest absolute Gasteiger partial charge is 0.228 e. The Bertz CT molecular complexity index is 1350. The fourth-order valence-electron chi connectivity index (χ4n) is 3.99. The number of halogens is 2. The number of nitrogens with zero attached hydrogens (tertiary/aromatic N) is 6. The van der Waals surface area contributed by atoms with E-state index in [1.807, 2.05) is 47.4 Å². The van der Waals surface area contributed by atoms with Crippen molar-refractivity contribution in [3.8, 4) is 16.9 Å². The van der Waals surface area contributed by atoms with Gasteiger partial charge in [-0.1, -0.05) is 47.5 Å². The summed E-state index contributed by atoms with van der Waals surface area (Å²) in [6, 6.07) is 14.8. The predicted octanol–water partition coefficient (Wildman–Crippen LogP) is 4.04. The largest absolute Gasteiger partial charge is 0.383 e. The second-order valence-corrected chi connectivity index (χ2v) is 8.66. The number of benzene rings is 2. The summed E-state index contributed by atoms with van der Waals surface area (Å²) in [6.45, 7) is 4.07. The molecule has 2 aromatic carbocycles. The average molecular weight is 482 g/mol. The standard InChI is InChI=1S/C23H21Cl2N7O/c1-14(33)30-10-12-31(13-11-30)23-27-20(15-6-8-16(24)9-7-15)19-21(26)32(29-22(19)28-23)18-5-3-2-4-17(18)25/h2-9H,10-13,26H2,1H3. The number of amides is 1. The van der Waals surface area contributed by atoms with Crippen LogP contribution in [0.5, 0.6) is 0 Å². The third-order valence-electron chi connectivity index (χ3n) is 5.76. The van der Waals surface area contributed by atoms with Gasteiger partial charge in [0.05, 0.1) is 21.8 Å². The number of nitrogen functional groups attached to an aromatic ring is 1. The Hall–Kier alpha value is -3.36. The van der Waals surface area contributed by atoms with E-state index in [1.54, 1.807) is 17.7 Å². The number of hydrogen-bond donors (Lipinski definition) is 1. The molecule has 4 aromatic rings. The van der Waals surface area contributed by atoms with E-state index in [1.165, 1.54) is 0 Å². The van der Waals surface area contributed by atoms with E-state index >= 15 is 0 Å². The number of fused-ring (bicyclic) bond motifs is 1. The van der Waals surface area contributed by atoms with Crippen molar-refractivity contribution in [3.63, 3.8) is 0 Å². The van der Waals surface area contributed by atoms with E-state index in [4.69, 9.17) is 38.9 Å². The first-order chi connectivity index (χ1) is 15.9. The zero-order valence-corrected chi connectivity index (χ0v) is 19.4. The van der Waals surface area contributed by atoms with Crippen LogP contribution in [-0.4, -0.2) is 56.7 Å². The molecule has 2 aromatic heterocycles. The quantitative estimate of drug-likeness (QED) is 0.474. The molecule has 0 bridgehead atoms. The fourth-order valence-corrected chi connectivity index (χ4v) is 4.33. The van der Waals surface area contributed by atoms with Crippen LogP contribution in [0.4, 0.5) is 11.8 Å². The molecule has 0 spiro atoms. The van der Waals surface area contributed by atoms with Crippen molar-refractivity contribution in [1.82, 2.24) is 24.6 Å². The number of anilines is 2. The summed E-state index contributed by atoms with van der Waals surface area (Å²) in [5, 5.41) is 6.48. The van der Waals surface area contributed by atoms with E-state index < -0.39 is 0 Å². The average Bonchev–Trinajstić information content (AvgIpc) is 3.15. The van der Waals surface area contributed by atoms with E-state index in [0.717, 1.165) is 5.56 Å². The number of hydrogen-bond acceptors (Lipinski definition) is 6. The molecule has 2 N–H and O–H groups in total. The highest BCUT2D eigenvalue weighted by molar-refractivity contribution is 6.32. The van der Waals surface area contributed by atoms with E-state index in [-0.39, 0.29) is 5.91 Å². The first-order valence-electron chi connectivity index (χ1n) is 10.5. The van der Waals surface area contributed by atoms with Gasteiger partial charge in [-0.2, -0.15) is 4.98 Å². The van der Waals surface area contributed by atoms with Crippen LogP contribution < -0.4 is 10.6 Å². The normalized spacial score (nSPS) is 14.2. The van der Waals surface area contributed by atoms with Gasteiger partial charge in [0.2, 0.25) is 11.9 Å². The number of carbonyl (C=O) groups excluding carboxylic acids is 1. The van der Waals surface area contributed by atoms with Gasteiger partial charge in [0.25, 0.3) is 0 Å². The Balaban J connectivity index is 1.67.